The molecule has 1 heterocycles. The fourth-order valence-corrected chi connectivity index (χ4v) is 3.56. The molecule has 0 aromatic heterocycles. The average Bonchev–Trinajstić information content (AvgIpc) is 2.54. The van der Waals surface area contributed by atoms with Crippen LogP contribution in [0.5, 0.6) is 0 Å². The number of benzene rings is 1. The molecule has 2 atom stereocenters. The Labute approximate surface area is 136 Å². The Kier molecular flexibility index (Phi) is 4.41. The van der Waals surface area contributed by atoms with Crippen molar-refractivity contribution in [1.82, 2.24) is 10.2 Å². The molecule has 1 saturated carbocycles. The van der Waals surface area contributed by atoms with Gasteiger partial charge in [-0.15, -0.1) is 0 Å². The van der Waals surface area contributed by atoms with Crippen LogP contribution in [0.25, 0.3) is 0 Å². The Bertz CT molecular complexity index is 602. The summed E-state index contributed by atoms with van der Waals surface area (Å²) in [5.41, 5.74) is 1.71. The third-order valence-electron chi connectivity index (χ3n) is 4.68. The molecule has 6 nitrogen and oxygen atoms in total. The summed E-state index contributed by atoms with van der Waals surface area (Å²) in [6, 6.07) is 7.70. The van der Waals surface area contributed by atoms with Crippen molar-refractivity contribution < 1.29 is 9.59 Å². The fourth-order valence-electron chi connectivity index (χ4n) is 3.56. The number of para-hydroxylation sites is 2. The molecule has 3 rings (SSSR count). The van der Waals surface area contributed by atoms with Gasteiger partial charge in [0, 0.05) is 20.1 Å². The molecule has 2 fully saturated rings. The summed E-state index contributed by atoms with van der Waals surface area (Å²) in [5.74, 6) is -0.0656. The first kappa shape index (κ1) is 15.6. The number of hydrogen-bond donors (Lipinski definition) is 2. The topological polar surface area (TPSA) is 64.7 Å². The predicted molar refractivity (Wildman–Crippen MR) is 90.7 cm³/mol. The van der Waals surface area contributed by atoms with Crippen LogP contribution in [0.3, 0.4) is 0 Å². The second kappa shape index (κ2) is 6.48. The molecule has 0 spiro atoms. The van der Waals surface area contributed by atoms with Gasteiger partial charge < -0.3 is 20.4 Å². The number of fused-ring (bicyclic) bond motifs is 1. The third-order valence-corrected chi connectivity index (χ3v) is 4.68. The van der Waals surface area contributed by atoms with Crippen LogP contribution in [0.2, 0.25) is 0 Å². The van der Waals surface area contributed by atoms with Gasteiger partial charge in [-0.05, 0) is 25.0 Å². The quantitative estimate of drug-likeness (QED) is 0.877. The maximum absolute atomic E-state index is 12.8. The largest absolute Gasteiger partial charge is 0.376 e. The van der Waals surface area contributed by atoms with E-state index in [2.05, 4.69) is 10.6 Å². The first-order valence-electron chi connectivity index (χ1n) is 8.19. The van der Waals surface area contributed by atoms with E-state index in [1.807, 2.05) is 43.3 Å². The van der Waals surface area contributed by atoms with Crippen LogP contribution in [0.15, 0.2) is 24.3 Å². The Morgan fingerprint density at radius 3 is 2.78 bits per heavy atom. The van der Waals surface area contributed by atoms with Crippen molar-refractivity contribution in [2.75, 3.05) is 30.9 Å². The molecule has 0 bridgehead atoms. The standard InChI is InChI=1S/C17H24N4O2/c1-20(2)14-9-5-3-7-12(14)19-17(23)21-11-16(22)18-13-8-4-6-10-15(13)21/h3,5,7,9,13,15H,4,6,8,10-11H2,1-2H3,(H,18,22)(H,19,23). The number of nitrogens with one attached hydrogen (secondary N) is 2. The lowest BCUT2D eigenvalue weighted by Crippen LogP contribution is -2.63. The Hall–Kier alpha value is -2.24. The summed E-state index contributed by atoms with van der Waals surface area (Å²) in [5, 5.41) is 6.01. The predicted octanol–water partition coefficient (Wildman–Crippen LogP) is 2.03. The fraction of sp³-hybridized carbons (Fsp3) is 0.529. The smallest absolute Gasteiger partial charge is 0.322 e. The Morgan fingerprint density at radius 1 is 1.26 bits per heavy atom. The lowest BCUT2D eigenvalue weighted by molar-refractivity contribution is -0.126. The zero-order valence-corrected chi connectivity index (χ0v) is 13.7. The van der Waals surface area contributed by atoms with E-state index in [1.54, 1.807) is 4.90 Å². The molecule has 2 unspecified atom stereocenters. The maximum Gasteiger partial charge on any atom is 0.322 e. The van der Waals surface area contributed by atoms with Crippen molar-refractivity contribution in [3.05, 3.63) is 24.3 Å². The van der Waals surface area contributed by atoms with E-state index in [4.69, 9.17) is 0 Å². The lowest BCUT2D eigenvalue weighted by Gasteiger charge is -2.43. The Balaban J connectivity index is 1.78. The van der Waals surface area contributed by atoms with E-state index < -0.39 is 0 Å². The molecule has 2 N–H and O–H groups in total. The van der Waals surface area contributed by atoms with Gasteiger partial charge in [0.05, 0.1) is 17.4 Å². The van der Waals surface area contributed by atoms with Gasteiger partial charge >= 0.3 is 6.03 Å². The monoisotopic (exact) mass is 316 g/mol. The van der Waals surface area contributed by atoms with E-state index in [0.29, 0.717) is 0 Å². The highest BCUT2D eigenvalue weighted by atomic mass is 16.2. The minimum absolute atomic E-state index is 0.0656. The van der Waals surface area contributed by atoms with Crippen LogP contribution >= 0.6 is 0 Å². The zero-order chi connectivity index (χ0) is 16.4. The summed E-state index contributed by atoms with van der Waals surface area (Å²) in [6.07, 6.45) is 4.12. The van der Waals surface area contributed by atoms with Gasteiger partial charge in [0.25, 0.3) is 0 Å². The molecule has 23 heavy (non-hydrogen) atoms. The summed E-state index contributed by atoms with van der Waals surface area (Å²) in [6.45, 7) is 0.136. The van der Waals surface area contributed by atoms with Crippen molar-refractivity contribution in [2.24, 2.45) is 0 Å². The molecular weight excluding hydrogens is 292 g/mol. The molecule has 124 valence electrons. The first-order chi connectivity index (χ1) is 11.1. The third kappa shape index (κ3) is 3.25. The van der Waals surface area contributed by atoms with Gasteiger partial charge in [-0.2, -0.15) is 0 Å². The van der Waals surface area contributed by atoms with Crippen molar-refractivity contribution in [3.63, 3.8) is 0 Å². The number of piperazine rings is 1. The highest BCUT2D eigenvalue weighted by Gasteiger charge is 2.38. The maximum atomic E-state index is 12.8. The van der Waals surface area contributed by atoms with E-state index >= 15 is 0 Å². The first-order valence-corrected chi connectivity index (χ1v) is 8.19. The molecule has 1 aromatic rings. The number of carbonyl (C=O) groups is 2. The summed E-state index contributed by atoms with van der Waals surface area (Å²) in [7, 11) is 3.88. The molecule has 1 aromatic carbocycles. The number of nitrogens with zero attached hydrogens (tertiary/aromatic N) is 2. The van der Waals surface area contributed by atoms with Gasteiger partial charge in [-0.1, -0.05) is 25.0 Å². The number of urea groups is 1. The summed E-state index contributed by atoms with van der Waals surface area (Å²) in [4.78, 5) is 28.3. The van der Waals surface area contributed by atoms with Gasteiger partial charge in [0.1, 0.15) is 6.54 Å². The number of anilines is 2. The van der Waals surface area contributed by atoms with E-state index in [1.165, 1.54) is 0 Å². The van der Waals surface area contributed by atoms with Gasteiger partial charge in [0.2, 0.25) is 5.91 Å². The Morgan fingerprint density at radius 2 is 2.00 bits per heavy atom. The molecule has 1 aliphatic heterocycles. The number of amides is 3. The zero-order valence-electron chi connectivity index (χ0n) is 13.7. The molecule has 2 aliphatic rings. The second-order valence-electron chi connectivity index (χ2n) is 6.50. The lowest BCUT2D eigenvalue weighted by atomic mass is 9.87. The van der Waals surface area contributed by atoms with Crippen LogP contribution in [0.1, 0.15) is 25.7 Å². The van der Waals surface area contributed by atoms with Crippen LogP contribution in [-0.2, 0) is 4.79 Å². The number of hydrogen-bond acceptors (Lipinski definition) is 3. The van der Waals surface area contributed by atoms with Crippen LogP contribution in [0, 0.1) is 0 Å². The van der Waals surface area contributed by atoms with Crippen molar-refractivity contribution in [3.8, 4) is 0 Å². The molecule has 3 amide bonds. The van der Waals surface area contributed by atoms with Crippen LogP contribution in [0.4, 0.5) is 16.2 Å². The SMILES string of the molecule is CN(C)c1ccccc1NC(=O)N1CC(=O)NC2CCCCC21. The minimum Gasteiger partial charge on any atom is -0.376 e. The molecule has 1 saturated heterocycles. The molecule has 6 heteroatoms. The molecule has 0 radical (unpaired) electrons. The summed E-state index contributed by atoms with van der Waals surface area (Å²) >= 11 is 0. The van der Waals surface area contributed by atoms with Gasteiger partial charge in [0.15, 0.2) is 0 Å². The summed E-state index contributed by atoms with van der Waals surface area (Å²) < 4.78 is 0. The normalized spacial score (nSPS) is 23.7. The molecular formula is C17H24N4O2. The van der Waals surface area contributed by atoms with Gasteiger partial charge in [-0.25, -0.2) is 4.79 Å². The second-order valence-corrected chi connectivity index (χ2v) is 6.50. The number of rotatable bonds is 2. The van der Waals surface area contributed by atoms with Crippen LogP contribution < -0.4 is 15.5 Å². The van der Waals surface area contributed by atoms with Gasteiger partial charge in [-0.3, -0.25) is 4.79 Å². The molecule has 1 aliphatic carbocycles. The highest BCUT2D eigenvalue weighted by molar-refractivity contribution is 5.96. The number of carbonyl (C=O) groups excluding carboxylic acids is 2. The van der Waals surface area contributed by atoms with Crippen molar-refractivity contribution in [2.45, 2.75) is 37.8 Å². The minimum atomic E-state index is -0.189. The van der Waals surface area contributed by atoms with E-state index in [0.717, 1.165) is 37.1 Å². The van der Waals surface area contributed by atoms with E-state index in [-0.39, 0.29) is 30.6 Å². The van der Waals surface area contributed by atoms with E-state index in [9.17, 15) is 9.59 Å². The van der Waals surface area contributed by atoms with Crippen molar-refractivity contribution in [1.29, 1.82) is 0 Å². The average molecular weight is 316 g/mol. The van der Waals surface area contributed by atoms with Crippen LogP contribution in [-0.4, -0.2) is 49.6 Å². The highest BCUT2D eigenvalue weighted by Crippen LogP contribution is 2.28. The van der Waals surface area contributed by atoms with Crippen molar-refractivity contribution >= 4 is 23.3 Å².